The van der Waals surface area contributed by atoms with E-state index in [-0.39, 0.29) is 17.7 Å². The molecule has 1 aliphatic rings. The third-order valence-corrected chi connectivity index (χ3v) is 3.06. The van der Waals surface area contributed by atoms with Gasteiger partial charge in [0.2, 0.25) is 11.8 Å². The van der Waals surface area contributed by atoms with Crippen LogP contribution in [0, 0.1) is 5.92 Å². The summed E-state index contributed by atoms with van der Waals surface area (Å²) in [6.07, 6.45) is 0. The Morgan fingerprint density at radius 3 is 2.61 bits per heavy atom. The predicted octanol–water partition coefficient (Wildman–Crippen LogP) is 1.11. The Labute approximate surface area is 106 Å². The summed E-state index contributed by atoms with van der Waals surface area (Å²) in [6, 6.07) is 7.26. The zero-order chi connectivity index (χ0) is 13.1. The number of hydrogen-bond acceptors (Lipinski definition) is 3. The highest BCUT2D eigenvalue weighted by molar-refractivity contribution is 5.95. The number of para-hydroxylation sites is 2. The predicted molar refractivity (Wildman–Crippen MR) is 67.4 cm³/mol. The number of anilines is 1. The normalized spacial score (nSPS) is 14.9. The number of methoxy groups -OCH3 is 1. The molecule has 1 aliphatic heterocycles. The molecular weight excluding hydrogens is 232 g/mol. The molecule has 0 saturated carbocycles. The molecule has 18 heavy (non-hydrogen) atoms. The summed E-state index contributed by atoms with van der Waals surface area (Å²) in [7, 11) is 1.56. The Bertz CT molecular complexity index is 467. The molecule has 2 amide bonds. The van der Waals surface area contributed by atoms with Crippen LogP contribution in [-0.2, 0) is 9.59 Å². The number of rotatable bonds is 3. The lowest BCUT2D eigenvalue weighted by Gasteiger charge is -2.37. The number of carbonyl (C=O) groups is 2. The first-order chi connectivity index (χ1) is 8.61. The van der Waals surface area contributed by atoms with Crippen LogP contribution in [0.2, 0.25) is 0 Å². The molecule has 0 bridgehead atoms. The summed E-state index contributed by atoms with van der Waals surface area (Å²) in [4.78, 5) is 24.6. The molecule has 1 saturated heterocycles. The SMILES string of the molecule is COc1ccccc1NC(=O)C1CN(C(C)=O)C1. The van der Waals surface area contributed by atoms with Gasteiger partial charge in [0.1, 0.15) is 5.75 Å². The molecule has 0 aromatic heterocycles. The summed E-state index contributed by atoms with van der Waals surface area (Å²) < 4.78 is 5.16. The van der Waals surface area contributed by atoms with Gasteiger partial charge in [-0.05, 0) is 12.1 Å². The van der Waals surface area contributed by atoms with Gasteiger partial charge in [-0.1, -0.05) is 12.1 Å². The van der Waals surface area contributed by atoms with Crippen molar-refractivity contribution >= 4 is 17.5 Å². The maximum absolute atomic E-state index is 11.9. The summed E-state index contributed by atoms with van der Waals surface area (Å²) in [5.41, 5.74) is 0.659. The molecule has 2 rings (SSSR count). The van der Waals surface area contributed by atoms with E-state index >= 15 is 0 Å². The molecule has 0 atom stereocenters. The Kier molecular flexibility index (Phi) is 3.50. The third-order valence-electron chi connectivity index (χ3n) is 3.06. The van der Waals surface area contributed by atoms with Crippen LogP contribution in [0.3, 0.4) is 0 Å². The monoisotopic (exact) mass is 248 g/mol. The molecular formula is C13H16N2O3. The van der Waals surface area contributed by atoms with Gasteiger partial charge in [0.25, 0.3) is 0 Å². The van der Waals surface area contributed by atoms with E-state index in [0.717, 1.165) is 0 Å². The molecule has 0 aliphatic carbocycles. The maximum Gasteiger partial charge on any atom is 0.231 e. The van der Waals surface area contributed by atoms with E-state index in [0.29, 0.717) is 24.5 Å². The van der Waals surface area contributed by atoms with Crippen LogP contribution >= 0.6 is 0 Å². The van der Waals surface area contributed by atoms with Crippen LogP contribution < -0.4 is 10.1 Å². The number of likely N-dealkylation sites (tertiary alicyclic amines) is 1. The Balaban J connectivity index is 1.94. The van der Waals surface area contributed by atoms with Gasteiger partial charge in [0.05, 0.1) is 18.7 Å². The molecule has 1 fully saturated rings. The lowest BCUT2D eigenvalue weighted by Crippen LogP contribution is -2.53. The van der Waals surface area contributed by atoms with E-state index in [1.807, 2.05) is 12.1 Å². The molecule has 1 heterocycles. The number of carbonyl (C=O) groups excluding carboxylic acids is 2. The van der Waals surface area contributed by atoms with Crippen molar-refractivity contribution in [3.63, 3.8) is 0 Å². The maximum atomic E-state index is 11.9. The van der Waals surface area contributed by atoms with Gasteiger partial charge < -0.3 is 15.0 Å². The molecule has 1 aromatic rings. The standard InChI is InChI=1S/C13H16N2O3/c1-9(16)15-7-10(8-15)13(17)14-11-5-3-4-6-12(11)18-2/h3-6,10H,7-8H2,1-2H3,(H,14,17). The van der Waals surface area contributed by atoms with Gasteiger partial charge in [0.15, 0.2) is 0 Å². The summed E-state index contributed by atoms with van der Waals surface area (Å²) in [5, 5.41) is 2.82. The minimum Gasteiger partial charge on any atom is -0.495 e. The molecule has 0 spiro atoms. The third kappa shape index (κ3) is 2.45. The van der Waals surface area contributed by atoms with Crippen molar-refractivity contribution < 1.29 is 14.3 Å². The van der Waals surface area contributed by atoms with Crippen LogP contribution in [0.5, 0.6) is 5.75 Å². The van der Waals surface area contributed by atoms with E-state index in [1.165, 1.54) is 6.92 Å². The number of amides is 2. The van der Waals surface area contributed by atoms with Crippen LogP contribution in [0.4, 0.5) is 5.69 Å². The van der Waals surface area contributed by atoms with E-state index in [9.17, 15) is 9.59 Å². The minimum atomic E-state index is -0.126. The first kappa shape index (κ1) is 12.4. The number of benzene rings is 1. The van der Waals surface area contributed by atoms with Gasteiger partial charge in [-0.15, -0.1) is 0 Å². The fraction of sp³-hybridized carbons (Fsp3) is 0.385. The van der Waals surface area contributed by atoms with E-state index < -0.39 is 0 Å². The second-order valence-electron chi connectivity index (χ2n) is 4.31. The average molecular weight is 248 g/mol. The van der Waals surface area contributed by atoms with Crippen molar-refractivity contribution in [3.05, 3.63) is 24.3 Å². The fourth-order valence-electron chi connectivity index (χ4n) is 1.88. The topological polar surface area (TPSA) is 58.6 Å². The molecule has 1 N–H and O–H groups in total. The summed E-state index contributed by atoms with van der Waals surface area (Å²) in [6.45, 7) is 2.50. The fourth-order valence-corrected chi connectivity index (χ4v) is 1.88. The molecule has 0 unspecified atom stereocenters. The molecule has 5 heteroatoms. The molecule has 0 radical (unpaired) electrons. The summed E-state index contributed by atoms with van der Waals surface area (Å²) in [5.74, 6) is 0.445. The van der Waals surface area contributed by atoms with Crippen LogP contribution in [0.15, 0.2) is 24.3 Å². The smallest absolute Gasteiger partial charge is 0.231 e. The van der Waals surface area contributed by atoms with Gasteiger partial charge in [-0.3, -0.25) is 9.59 Å². The first-order valence-corrected chi connectivity index (χ1v) is 5.81. The van der Waals surface area contributed by atoms with Gasteiger partial charge in [0, 0.05) is 20.0 Å². The zero-order valence-corrected chi connectivity index (χ0v) is 10.5. The highest BCUT2D eigenvalue weighted by atomic mass is 16.5. The summed E-state index contributed by atoms with van der Waals surface area (Å²) >= 11 is 0. The van der Waals surface area contributed by atoms with Gasteiger partial charge in [-0.2, -0.15) is 0 Å². The van der Waals surface area contributed by atoms with Crippen LogP contribution in [0.1, 0.15) is 6.92 Å². The van der Waals surface area contributed by atoms with Crippen LogP contribution in [-0.4, -0.2) is 36.9 Å². The van der Waals surface area contributed by atoms with Gasteiger partial charge >= 0.3 is 0 Å². The quantitative estimate of drug-likeness (QED) is 0.871. The largest absolute Gasteiger partial charge is 0.495 e. The number of hydrogen-bond donors (Lipinski definition) is 1. The highest BCUT2D eigenvalue weighted by Gasteiger charge is 2.34. The number of nitrogens with zero attached hydrogens (tertiary/aromatic N) is 1. The lowest BCUT2D eigenvalue weighted by molar-refractivity contribution is -0.139. The zero-order valence-electron chi connectivity index (χ0n) is 10.5. The van der Waals surface area contributed by atoms with E-state index in [1.54, 1.807) is 24.1 Å². The van der Waals surface area contributed by atoms with Crippen molar-refractivity contribution in [1.29, 1.82) is 0 Å². The Hall–Kier alpha value is -2.04. The van der Waals surface area contributed by atoms with Crippen molar-refractivity contribution in [2.75, 3.05) is 25.5 Å². The minimum absolute atomic E-state index is 0.0105. The number of nitrogens with one attached hydrogen (secondary N) is 1. The average Bonchev–Trinajstić information content (AvgIpc) is 2.27. The lowest BCUT2D eigenvalue weighted by atomic mass is 9.99. The van der Waals surface area contributed by atoms with Gasteiger partial charge in [-0.25, -0.2) is 0 Å². The number of ether oxygens (including phenoxy) is 1. The van der Waals surface area contributed by atoms with Crippen molar-refractivity contribution in [2.24, 2.45) is 5.92 Å². The second kappa shape index (κ2) is 5.08. The second-order valence-corrected chi connectivity index (χ2v) is 4.31. The molecule has 1 aromatic carbocycles. The van der Waals surface area contributed by atoms with Crippen LogP contribution in [0.25, 0.3) is 0 Å². The van der Waals surface area contributed by atoms with Crippen molar-refractivity contribution in [1.82, 2.24) is 4.90 Å². The van der Waals surface area contributed by atoms with E-state index in [2.05, 4.69) is 5.32 Å². The first-order valence-electron chi connectivity index (χ1n) is 5.81. The Morgan fingerprint density at radius 1 is 1.33 bits per heavy atom. The molecule has 96 valence electrons. The molecule has 5 nitrogen and oxygen atoms in total. The van der Waals surface area contributed by atoms with Crippen molar-refractivity contribution in [3.8, 4) is 5.75 Å². The van der Waals surface area contributed by atoms with E-state index in [4.69, 9.17) is 4.74 Å². The highest BCUT2D eigenvalue weighted by Crippen LogP contribution is 2.25. The Morgan fingerprint density at radius 2 is 2.00 bits per heavy atom. The van der Waals surface area contributed by atoms with Crippen molar-refractivity contribution in [2.45, 2.75) is 6.92 Å².